The number of rotatable bonds is 6. The van der Waals surface area contributed by atoms with Crippen LogP contribution < -0.4 is 4.90 Å². The van der Waals surface area contributed by atoms with Crippen LogP contribution in [0.3, 0.4) is 0 Å². The molecular weight excluding hydrogens is 344 g/mol. The fraction of sp³-hybridized carbons (Fsp3) is 0.286. The summed E-state index contributed by atoms with van der Waals surface area (Å²) >= 11 is 0. The molecular formula is C21H22N2O4. The Morgan fingerprint density at radius 2 is 1.67 bits per heavy atom. The fourth-order valence-corrected chi connectivity index (χ4v) is 3.14. The number of anilines is 1. The summed E-state index contributed by atoms with van der Waals surface area (Å²) in [6.07, 6.45) is 1.76. The predicted molar refractivity (Wildman–Crippen MR) is 102 cm³/mol. The second-order valence-electron chi connectivity index (χ2n) is 6.74. The minimum atomic E-state index is -0.968. The summed E-state index contributed by atoms with van der Waals surface area (Å²) in [5.74, 6) is -0.847. The molecule has 1 aliphatic rings. The van der Waals surface area contributed by atoms with Crippen molar-refractivity contribution in [2.24, 2.45) is 0 Å². The maximum absolute atomic E-state index is 12.5. The molecule has 0 unspecified atom stereocenters. The van der Waals surface area contributed by atoms with Crippen LogP contribution in [0.4, 0.5) is 5.69 Å². The van der Waals surface area contributed by atoms with Crippen LogP contribution in [-0.4, -0.2) is 41.4 Å². The van der Waals surface area contributed by atoms with Gasteiger partial charge in [-0.25, -0.2) is 4.79 Å². The molecule has 27 heavy (non-hydrogen) atoms. The van der Waals surface area contributed by atoms with Gasteiger partial charge in [-0.15, -0.1) is 0 Å². The third-order valence-electron chi connectivity index (χ3n) is 4.72. The highest BCUT2D eigenvalue weighted by molar-refractivity contribution is 5.95. The van der Waals surface area contributed by atoms with Crippen LogP contribution in [0.25, 0.3) is 0 Å². The van der Waals surface area contributed by atoms with Crippen LogP contribution in [0.5, 0.6) is 0 Å². The first-order chi connectivity index (χ1) is 12.9. The summed E-state index contributed by atoms with van der Waals surface area (Å²) in [5, 5.41) is 8.93. The molecule has 2 aromatic rings. The first-order valence-electron chi connectivity index (χ1n) is 8.89. The number of carbonyl (C=O) groups is 3. The van der Waals surface area contributed by atoms with E-state index in [0.717, 1.165) is 29.8 Å². The van der Waals surface area contributed by atoms with E-state index in [0.29, 0.717) is 13.0 Å². The standard InChI is InChI=1S/C21H22N2O4/c1-22(14-16-4-8-17(9-5-16)21(26)27)20(25)13-15-6-10-18(11-7-15)23-12-2-3-19(23)24/h4-11H,2-3,12-14H2,1H3,(H,26,27). The molecule has 6 nitrogen and oxygen atoms in total. The average molecular weight is 366 g/mol. The van der Waals surface area contributed by atoms with Gasteiger partial charge in [0.2, 0.25) is 11.8 Å². The highest BCUT2D eigenvalue weighted by Crippen LogP contribution is 2.22. The Labute approximate surface area is 158 Å². The maximum atomic E-state index is 12.5. The summed E-state index contributed by atoms with van der Waals surface area (Å²) < 4.78 is 0. The molecule has 0 aromatic heterocycles. The van der Waals surface area contributed by atoms with Crippen molar-refractivity contribution in [3.63, 3.8) is 0 Å². The number of nitrogens with zero attached hydrogens (tertiary/aromatic N) is 2. The molecule has 0 aliphatic carbocycles. The molecule has 1 aliphatic heterocycles. The van der Waals surface area contributed by atoms with Gasteiger partial charge >= 0.3 is 5.97 Å². The molecule has 6 heteroatoms. The lowest BCUT2D eigenvalue weighted by atomic mass is 10.1. The molecule has 1 saturated heterocycles. The van der Waals surface area contributed by atoms with Crippen molar-refractivity contribution < 1.29 is 19.5 Å². The molecule has 3 rings (SSSR count). The smallest absolute Gasteiger partial charge is 0.335 e. The largest absolute Gasteiger partial charge is 0.478 e. The molecule has 1 N–H and O–H groups in total. The molecule has 0 radical (unpaired) electrons. The monoisotopic (exact) mass is 366 g/mol. The van der Waals surface area contributed by atoms with E-state index in [1.165, 1.54) is 12.1 Å². The molecule has 0 spiro atoms. The maximum Gasteiger partial charge on any atom is 0.335 e. The number of hydrogen-bond acceptors (Lipinski definition) is 3. The average Bonchev–Trinajstić information content (AvgIpc) is 3.08. The van der Waals surface area contributed by atoms with Gasteiger partial charge in [-0.2, -0.15) is 0 Å². The zero-order valence-electron chi connectivity index (χ0n) is 15.2. The van der Waals surface area contributed by atoms with Crippen molar-refractivity contribution in [1.29, 1.82) is 0 Å². The zero-order chi connectivity index (χ0) is 19.4. The molecule has 2 amide bonds. The summed E-state index contributed by atoms with van der Waals surface area (Å²) in [5.41, 5.74) is 2.87. The number of benzene rings is 2. The summed E-state index contributed by atoms with van der Waals surface area (Å²) in [7, 11) is 1.73. The quantitative estimate of drug-likeness (QED) is 0.853. The minimum absolute atomic E-state index is 0.0256. The van der Waals surface area contributed by atoms with E-state index in [1.807, 2.05) is 24.3 Å². The fourth-order valence-electron chi connectivity index (χ4n) is 3.14. The number of carboxylic acids is 1. The zero-order valence-corrected chi connectivity index (χ0v) is 15.2. The third-order valence-corrected chi connectivity index (χ3v) is 4.72. The number of amides is 2. The van der Waals surface area contributed by atoms with E-state index in [1.54, 1.807) is 29.0 Å². The Kier molecular flexibility index (Phi) is 5.54. The van der Waals surface area contributed by atoms with Crippen molar-refractivity contribution >= 4 is 23.5 Å². The SMILES string of the molecule is CN(Cc1ccc(C(=O)O)cc1)C(=O)Cc1ccc(N2CCCC2=O)cc1. The lowest BCUT2D eigenvalue weighted by Crippen LogP contribution is -2.27. The van der Waals surface area contributed by atoms with Gasteiger partial charge in [-0.3, -0.25) is 9.59 Å². The number of carbonyl (C=O) groups excluding carboxylic acids is 2. The topological polar surface area (TPSA) is 77.9 Å². The van der Waals surface area contributed by atoms with Crippen molar-refractivity contribution in [2.45, 2.75) is 25.8 Å². The predicted octanol–water partition coefficient (Wildman–Crippen LogP) is 2.71. The molecule has 1 fully saturated rings. The minimum Gasteiger partial charge on any atom is -0.478 e. The van der Waals surface area contributed by atoms with E-state index in [9.17, 15) is 14.4 Å². The second kappa shape index (κ2) is 8.03. The van der Waals surface area contributed by atoms with Crippen LogP contribution in [0.1, 0.15) is 34.3 Å². The summed E-state index contributed by atoms with van der Waals surface area (Å²) in [6, 6.07) is 14.0. The Morgan fingerprint density at radius 1 is 1.04 bits per heavy atom. The van der Waals surface area contributed by atoms with Gasteiger partial charge in [-0.1, -0.05) is 24.3 Å². The van der Waals surface area contributed by atoms with Gasteiger partial charge in [0.15, 0.2) is 0 Å². The van der Waals surface area contributed by atoms with Gasteiger partial charge in [0, 0.05) is 32.2 Å². The highest BCUT2D eigenvalue weighted by atomic mass is 16.4. The number of aromatic carboxylic acids is 1. The first-order valence-corrected chi connectivity index (χ1v) is 8.89. The van der Waals surface area contributed by atoms with E-state index >= 15 is 0 Å². The lowest BCUT2D eigenvalue weighted by molar-refractivity contribution is -0.129. The Hall–Kier alpha value is -3.15. The van der Waals surface area contributed by atoms with E-state index in [4.69, 9.17) is 5.11 Å². The second-order valence-corrected chi connectivity index (χ2v) is 6.74. The van der Waals surface area contributed by atoms with Crippen LogP contribution in [0, 0.1) is 0 Å². The summed E-state index contributed by atoms with van der Waals surface area (Å²) in [4.78, 5) is 38.5. The first kappa shape index (κ1) is 18.6. The van der Waals surface area contributed by atoms with E-state index in [2.05, 4.69) is 0 Å². The normalized spacial score (nSPS) is 13.7. The van der Waals surface area contributed by atoms with E-state index < -0.39 is 5.97 Å². The molecule has 140 valence electrons. The van der Waals surface area contributed by atoms with Crippen molar-refractivity contribution in [2.75, 3.05) is 18.5 Å². The van der Waals surface area contributed by atoms with Crippen molar-refractivity contribution in [1.82, 2.24) is 4.90 Å². The lowest BCUT2D eigenvalue weighted by Gasteiger charge is -2.18. The van der Waals surface area contributed by atoms with Crippen molar-refractivity contribution in [3.8, 4) is 0 Å². The van der Waals surface area contributed by atoms with Crippen LogP contribution in [0.15, 0.2) is 48.5 Å². The summed E-state index contributed by atoms with van der Waals surface area (Å²) in [6.45, 7) is 1.17. The molecule has 2 aromatic carbocycles. The van der Waals surface area contributed by atoms with Gasteiger partial charge in [0.05, 0.1) is 12.0 Å². The van der Waals surface area contributed by atoms with E-state index in [-0.39, 0.29) is 23.8 Å². The van der Waals surface area contributed by atoms with Crippen LogP contribution in [-0.2, 0) is 22.6 Å². The van der Waals surface area contributed by atoms with Crippen LogP contribution >= 0.6 is 0 Å². The molecule has 0 bridgehead atoms. The highest BCUT2D eigenvalue weighted by Gasteiger charge is 2.21. The molecule has 0 saturated carbocycles. The van der Waals surface area contributed by atoms with Gasteiger partial charge in [0.25, 0.3) is 0 Å². The number of likely N-dealkylation sites (N-methyl/N-ethyl adjacent to an activating group) is 1. The Morgan fingerprint density at radius 3 is 2.22 bits per heavy atom. The van der Waals surface area contributed by atoms with Gasteiger partial charge in [0.1, 0.15) is 0 Å². The number of carboxylic acid groups (broad SMARTS) is 1. The van der Waals surface area contributed by atoms with Crippen LogP contribution in [0.2, 0.25) is 0 Å². The van der Waals surface area contributed by atoms with Gasteiger partial charge in [-0.05, 0) is 41.8 Å². The Balaban J connectivity index is 1.57. The molecule has 1 heterocycles. The van der Waals surface area contributed by atoms with Crippen molar-refractivity contribution in [3.05, 3.63) is 65.2 Å². The molecule has 0 atom stereocenters. The number of hydrogen-bond donors (Lipinski definition) is 1. The van der Waals surface area contributed by atoms with Gasteiger partial charge < -0.3 is 14.9 Å². The Bertz CT molecular complexity index is 843. The third kappa shape index (κ3) is 4.53.